The van der Waals surface area contributed by atoms with Crippen LogP contribution in [0.3, 0.4) is 0 Å². The van der Waals surface area contributed by atoms with E-state index in [9.17, 15) is 0 Å². The molecule has 0 unspecified atom stereocenters. The van der Waals surface area contributed by atoms with Crippen molar-refractivity contribution in [1.82, 2.24) is 5.32 Å². The zero-order valence-corrected chi connectivity index (χ0v) is 12.8. The molecule has 0 atom stereocenters. The normalized spacial score (nSPS) is 11.3. The number of rotatable bonds is 9. The quantitative estimate of drug-likeness (QED) is 0.363. The second-order valence-corrected chi connectivity index (χ2v) is 4.54. The van der Waals surface area contributed by atoms with Gasteiger partial charge in [-0.25, -0.2) is 4.99 Å². The van der Waals surface area contributed by atoms with Crippen LogP contribution in [0, 0.1) is 0 Å². The molecule has 0 aromatic heterocycles. The molecule has 118 valence electrons. The molecule has 0 radical (unpaired) electrons. The topological polar surface area (TPSA) is 89.1 Å². The fourth-order valence-corrected chi connectivity index (χ4v) is 1.71. The molecule has 0 amide bonds. The van der Waals surface area contributed by atoms with Crippen LogP contribution in [0.5, 0.6) is 11.5 Å². The Bertz CT molecular complexity index is 450. The number of nitrogens with one attached hydrogen (secondary N) is 1. The molecule has 21 heavy (non-hydrogen) atoms. The number of guanidine groups is 1. The minimum atomic E-state index is -0.0326. The third kappa shape index (κ3) is 6.35. The lowest BCUT2D eigenvalue weighted by Crippen LogP contribution is -2.32. The highest BCUT2D eigenvalue weighted by Gasteiger charge is 2.05. The molecular formula is C15H25N3O3. The molecule has 6 heteroatoms. The van der Waals surface area contributed by atoms with E-state index in [0.29, 0.717) is 24.0 Å². The van der Waals surface area contributed by atoms with Crippen LogP contribution in [0.2, 0.25) is 0 Å². The summed E-state index contributed by atoms with van der Waals surface area (Å²) in [4.78, 5) is 4.28. The molecular weight excluding hydrogens is 270 g/mol. The Morgan fingerprint density at radius 2 is 2.19 bits per heavy atom. The van der Waals surface area contributed by atoms with Gasteiger partial charge in [0.1, 0.15) is 6.61 Å². The van der Waals surface area contributed by atoms with Crippen molar-refractivity contribution in [3.63, 3.8) is 0 Å². The van der Waals surface area contributed by atoms with E-state index in [0.717, 1.165) is 24.9 Å². The summed E-state index contributed by atoms with van der Waals surface area (Å²) in [6.45, 7) is 3.64. The van der Waals surface area contributed by atoms with Crippen molar-refractivity contribution in [3.8, 4) is 11.5 Å². The average Bonchev–Trinajstić information content (AvgIpc) is 2.51. The van der Waals surface area contributed by atoms with Crippen LogP contribution in [0.15, 0.2) is 23.2 Å². The first-order valence-electron chi connectivity index (χ1n) is 7.15. The maximum Gasteiger partial charge on any atom is 0.188 e. The first-order chi connectivity index (χ1) is 10.2. The van der Waals surface area contributed by atoms with Crippen LogP contribution in [0.1, 0.15) is 25.3 Å². The maximum atomic E-state index is 8.78. The second kappa shape index (κ2) is 9.88. The molecule has 0 bridgehead atoms. The lowest BCUT2D eigenvalue weighted by molar-refractivity contribution is 0.196. The first kappa shape index (κ1) is 17.1. The minimum Gasteiger partial charge on any atom is -0.493 e. The van der Waals surface area contributed by atoms with Gasteiger partial charge in [0, 0.05) is 6.54 Å². The van der Waals surface area contributed by atoms with E-state index >= 15 is 0 Å². The lowest BCUT2D eigenvalue weighted by atomic mass is 10.2. The molecule has 0 aliphatic rings. The van der Waals surface area contributed by atoms with Crippen molar-refractivity contribution in [2.75, 3.05) is 26.9 Å². The molecule has 0 saturated heterocycles. The van der Waals surface area contributed by atoms with Crippen LogP contribution in [0.4, 0.5) is 0 Å². The van der Waals surface area contributed by atoms with Crippen LogP contribution in [-0.2, 0) is 6.54 Å². The Morgan fingerprint density at radius 1 is 1.38 bits per heavy atom. The SMILES string of the molecule is CCCCNC(N)=NCc1ccc(OCCO)c(OC)c1. The number of methoxy groups -OCH3 is 1. The van der Waals surface area contributed by atoms with Crippen molar-refractivity contribution in [3.05, 3.63) is 23.8 Å². The van der Waals surface area contributed by atoms with Gasteiger partial charge in [-0.05, 0) is 24.1 Å². The smallest absolute Gasteiger partial charge is 0.188 e. The summed E-state index contributed by atoms with van der Waals surface area (Å²) in [6, 6.07) is 5.56. The van der Waals surface area contributed by atoms with Gasteiger partial charge in [0.25, 0.3) is 0 Å². The third-order valence-electron chi connectivity index (χ3n) is 2.85. The second-order valence-electron chi connectivity index (χ2n) is 4.54. The van der Waals surface area contributed by atoms with E-state index in [-0.39, 0.29) is 13.2 Å². The Kier molecular flexibility index (Phi) is 8.04. The third-order valence-corrected chi connectivity index (χ3v) is 2.85. The number of unbranched alkanes of at least 4 members (excludes halogenated alkanes) is 1. The zero-order chi connectivity index (χ0) is 15.5. The summed E-state index contributed by atoms with van der Waals surface area (Å²) in [5.41, 5.74) is 6.76. The van der Waals surface area contributed by atoms with Crippen molar-refractivity contribution in [2.45, 2.75) is 26.3 Å². The van der Waals surface area contributed by atoms with E-state index in [1.54, 1.807) is 13.2 Å². The first-order valence-corrected chi connectivity index (χ1v) is 7.15. The Hall–Kier alpha value is -1.95. The van der Waals surface area contributed by atoms with Crippen molar-refractivity contribution >= 4 is 5.96 Å². The van der Waals surface area contributed by atoms with Gasteiger partial charge in [-0.1, -0.05) is 19.4 Å². The predicted molar refractivity (Wildman–Crippen MR) is 83.8 cm³/mol. The zero-order valence-electron chi connectivity index (χ0n) is 12.8. The van der Waals surface area contributed by atoms with Crippen LogP contribution in [-0.4, -0.2) is 37.9 Å². The molecule has 0 aliphatic heterocycles. The molecule has 4 N–H and O–H groups in total. The van der Waals surface area contributed by atoms with Gasteiger partial charge in [-0.3, -0.25) is 0 Å². The Morgan fingerprint density at radius 3 is 2.86 bits per heavy atom. The summed E-state index contributed by atoms with van der Waals surface area (Å²) in [5, 5.41) is 11.8. The molecule has 0 fully saturated rings. The monoisotopic (exact) mass is 295 g/mol. The summed E-state index contributed by atoms with van der Waals surface area (Å²) < 4.78 is 10.6. The number of hydrogen-bond donors (Lipinski definition) is 3. The highest BCUT2D eigenvalue weighted by molar-refractivity contribution is 5.77. The Balaban J connectivity index is 2.61. The van der Waals surface area contributed by atoms with E-state index in [1.807, 2.05) is 12.1 Å². The van der Waals surface area contributed by atoms with Gasteiger partial charge < -0.3 is 25.6 Å². The number of hydrogen-bond acceptors (Lipinski definition) is 4. The molecule has 0 saturated carbocycles. The number of benzene rings is 1. The number of ether oxygens (including phenoxy) is 2. The summed E-state index contributed by atoms with van der Waals surface area (Å²) in [7, 11) is 1.58. The van der Waals surface area contributed by atoms with Crippen molar-refractivity contribution in [1.29, 1.82) is 0 Å². The summed E-state index contributed by atoms with van der Waals surface area (Å²) in [5.74, 6) is 1.67. The van der Waals surface area contributed by atoms with Gasteiger partial charge in [0.05, 0.1) is 20.3 Å². The molecule has 0 aliphatic carbocycles. The number of aliphatic hydroxyl groups excluding tert-OH is 1. The van der Waals surface area contributed by atoms with Gasteiger partial charge in [-0.15, -0.1) is 0 Å². The standard InChI is InChI=1S/C15H25N3O3/c1-3-4-7-17-15(16)18-11-12-5-6-13(21-9-8-19)14(10-12)20-2/h5-6,10,19H,3-4,7-9,11H2,1-2H3,(H3,16,17,18). The van der Waals surface area contributed by atoms with E-state index < -0.39 is 0 Å². The molecule has 1 rings (SSSR count). The Labute approximate surface area is 126 Å². The van der Waals surface area contributed by atoms with Crippen LogP contribution >= 0.6 is 0 Å². The highest BCUT2D eigenvalue weighted by atomic mass is 16.5. The summed E-state index contributed by atoms with van der Waals surface area (Å²) in [6.07, 6.45) is 2.19. The van der Waals surface area contributed by atoms with Gasteiger partial charge in [0.2, 0.25) is 0 Å². The van der Waals surface area contributed by atoms with E-state index in [2.05, 4.69) is 17.2 Å². The maximum absolute atomic E-state index is 8.78. The average molecular weight is 295 g/mol. The fourth-order valence-electron chi connectivity index (χ4n) is 1.71. The minimum absolute atomic E-state index is 0.0326. The summed E-state index contributed by atoms with van der Waals surface area (Å²) >= 11 is 0. The lowest BCUT2D eigenvalue weighted by Gasteiger charge is -2.11. The fraction of sp³-hybridized carbons (Fsp3) is 0.533. The van der Waals surface area contributed by atoms with Gasteiger partial charge in [-0.2, -0.15) is 0 Å². The molecule has 1 aromatic rings. The molecule has 0 heterocycles. The number of aliphatic imine (C=N–C) groups is 1. The van der Waals surface area contributed by atoms with Crippen molar-refractivity contribution < 1.29 is 14.6 Å². The number of aliphatic hydroxyl groups is 1. The number of nitrogens with two attached hydrogens (primary N) is 1. The predicted octanol–water partition coefficient (Wildman–Crippen LogP) is 1.27. The van der Waals surface area contributed by atoms with E-state index in [1.165, 1.54) is 0 Å². The largest absolute Gasteiger partial charge is 0.493 e. The highest BCUT2D eigenvalue weighted by Crippen LogP contribution is 2.28. The van der Waals surface area contributed by atoms with Gasteiger partial charge in [0.15, 0.2) is 17.5 Å². The van der Waals surface area contributed by atoms with E-state index in [4.69, 9.17) is 20.3 Å². The number of nitrogens with zero attached hydrogens (tertiary/aromatic N) is 1. The van der Waals surface area contributed by atoms with Crippen LogP contribution in [0.25, 0.3) is 0 Å². The van der Waals surface area contributed by atoms with Crippen LogP contribution < -0.4 is 20.5 Å². The van der Waals surface area contributed by atoms with Crippen molar-refractivity contribution in [2.24, 2.45) is 10.7 Å². The molecule has 1 aromatic carbocycles. The van der Waals surface area contributed by atoms with Gasteiger partial charge >= 0.3 is 0 Å². The molecule has 6 nitrogen and oxygen atoms in total. The molecule has 0 spiro atoms.